The largest absolute Gasteiger partial charge is 0.462 e. The molecule has 364 valence electrons. The fraction of sp³-hybridized carbons (Fsp3) is 0.875. The van der Waals surface area contributed by atoms with Crippen LogP contribution in [0, 0.1) is 0 Å². The smallest absolute Gasteiger partial charge is 0.306 e. The van der Waals surface area contributed by atoms with Gasteiger partial charge in [0.1, 0.15) is 13.2 Å². The lowest BCUT2D eigenvalue weighted by molar-refractivity contribution is -0.167. The van der Waals surface area contributed by atoms with Gasteiger partial charge in [0.05, 0.1) is 0 Å². The molecule has 0 aliphatic heterocycles. The second kappa shape index (κ2) is 51.5. The van der Waals surface area contributed by atoms with E-state index in [0.29, 0.717) is 19.3 Å². The van der Waals surface area contributed by atoms with Crippen molar-refractivity contribution in [1.82, 2.24) is 0 Å². The first kappa shape index (κ1) is 59.9. The fourth-order valence-electron chi connectivity index (χ4n) is 8.06. The molecule has 62 heavy (non-hydrogen) atoms. The highest BCUT2D eigenvalue weighted by Gasteiger charge is 2.19. The molecule has 0 N–H and O–H groups in total. The summed E-state index contributed by atoms with van der Waals surface area (Å²) in [6, 6.07) is 0. The van der Waals surface area contributed by atoms with Gasteiger partial charge in [0.2, 0.25) is 0 Å². The van der Waals surface area contributed by atoms with E-state index in [0.717, 1.165) is 64.2 Å². The average molecular weight is 873 g/mol. The van der Waals surface area contributed by atoms with Crippen molar-refractivity contribution >= 4 is 17.9 Å². The third-order valence-electron chi connectivity index (χ3n) is 12.2. The second-order valence-corrected chi connectivity index (χ2v) is 18.5. The number of esters is 3. The van der Waals surface area contributed by atoms with Gasteiger partial charge >= 0.3 is 17.9 Å². The van der Waals surface area contributed by atoms with E-state index in [1.54, 1.807) is 0 Å². The fourth-order valence-corrected chi connectivity index (χ4v) is 8.06. The van der Waals surface area contributed by atoms with Gasteiger partial charge in [-0.05, 0) is 51.4 Å². The van der Waals surface area contributed by atoms with E-state index in [-0.39, 0.29) is 31.1 Å². The van der Waals surface area contributed by atoms with E-state index in [9.17, 15) is 14.4 Å². The van der Waals surface area contributed by atoms with E-state index >= 15 is 0 Å². The quantitative estimate of drug-likeness (QED) is 0.0262. The maximum atomic E-state index is 12.8. The highest BCUT2D eigenvalue weighted by molar-refractivity contribution is 5.71. The molecule has 0 aliphatic rings. The number of ether oxygens (including phenoxy) is 3. The first-order chi connectivity index (χ1) is 30.5. The van der Waals surface area contributed by atoms with Crippen LogP contribution in [0.1, 0.15) is 297 Å². The minimum Gasteiger partial charge on any atom is -0.462 e. The van der Waals surface area contributed by atoms with Crippen LogP contribution < -0.4 is 0 Å². The molecule has 0 amide bonds. The summed E-state index contributed by atoms with van der Waals surface area (Å²) in [6.07, 6.45) is 58.8. The van der Waals surface area contributed by atoms with E-state index in [1.165, 1.54) is 193 Å². The molecular formula is C56H104O6. The molecule has 6 heteroatoms. The number of rotatable bonds is 50. The molecule has 0 saturated carbocycles. The topological polar surface area (TPSA) is 78.9 Å². The van der Waals surface area contributed by atoms with Gasteiger partial charge in [0.25, 0.3) is 0 Å². The Kier molecular flexibility index (Phi) is 49.8. The number of allylic oxidation sites excluding steroid dienone is 4. The third-order valence-corrected chi connectivity index (χ3v) is 12.2. The maximum Gasteiger partial charge on any atom is 0.306 e. The third kappa shape index (κ3) is 48.9. The van der Waals surface area contributed by atoms with Crippen molar-refractivity contribution in [1.29, 1.82) is 0 Å². The van der Waals surface area contributed by atoms with Crippen molar-refractivity contribution in [2.24, 2.45) is 0 Å². The summed E-state index contributed by atoms with van der Waals surface area (Å²) in [4.78, 5) is 37.9. The lowest BCUT2D eigenvalue weighted by Crippen LogP contribution is -2.30. The number of hydrogen-bond acceptors (Lipinski definition) is 6. The summed E-state index contributed by atoms with van der Waals surface area (Å²) >= 11 is 0. The molecule has 0 aromatic rings. The van der Waals surface area contributed by atoms with E-state index < -0.39 is 6.10 Å². The molecule has 1 unspecified atom stereocenters. The summed E-state index contributed by atoms with van der Waals surface area (Å²) < 4.78 is 16.8. The molecule has 0 rings (SSSR count). The monoisotopic (exact) mass is 873 g/mol. The van der Waals surface area contributed by atoms with Crippen molar-refractivity contribution in [3.8, 4) is 0 Å². The standard InChI is InChI=1S/C56H104O6/c1-4-7-10-13-16-19-21-23-25-26-27-28-29-30-31-33-34-37-40-43-46-49-55(58)61-52-53(51-60-54(57)48-45-42-39-36-18-15-12-9-6-3)62-56(59)50-47-44-41-38-35-32-24-22-20-17-14-11-8-5-2/h21,23,26-27,53H,4-20,22,24-25,28-52H2,1-3H3/b23-21-,27-26-. The minimum atomic E-state index is -0.766. The molecule has 0 aliphatic carbocycles. The Hall–Kier alpha value is -2.11. The number of carbonyl (C=O) groups excluding carboxylic acids is 3. The van der Waals surface area contributed by atoms with Crippen LogP contribution in [0.3, 0.4) is 0 Å². The van der Waals surface area contributed by atoms with Gasteiger partial charge in [-0.25, -0.2) is 0 Å². The molecule has 1 atom stereocenters. The highest BCUT2D eigenvalue weighted by Crippen LogP contribution is 2.16. The summed E-state index contributed by atoms with van der Waals surface area (Å²) in [5.41, 5.74) is 0. The maximum absolute atomic E-state index is 12.8. The summed E-state index contributed by atoms with van der Waals surface area (Å²) in [7, 11) is 0. The van der Waals surface area contributed by atoms with Gasteiger partial charge in [-0.15, -0.1) is 0 Å². The van der Waals surface area contributed by atoms with Gasteiger partial charge in [-0.2, -0.15) is 0 Å². The van der Waals surface area contributed by atoms with Crippen LogP contribution in [0.4, 0.5) is 0 Å². The van der Waals surface area contributed by atoms with E-state index in [4.69, 9.17) is 14.2 Å². The van der Waals surface area contributed by atoms with Crippen LogP contribution in [0.25, 0.3) is 0 Å². The van der Waals surface area contributed by atoms with Crippen LogP contribution >= 0.6 is 0 Å². The molecule has 0 heterocycles. The Morgan fingerprint density at radius 2 is 0.581 bits per heavy atom. The van der Waals surface area contributed by atoms with Gasteiger partial charge in [0.15, 0.2) is 6.10 Å². The number of unbranched alkanes of at least 4 members (excludes halogenated alkanes) is 35. The normalized spacial score (nSPS) is 12.1. The van der Waals surface area contributed by atoms with Gasteiger partial charge in [-0.1, -0.05) is 251 Å². The van der Waals surface area contributed by atoms with Crippen LogP contribution in [0.15, 0.2) is 24.3 Å². The van der Waals surface area contributed by atoms with Crippen molar-refractivity contribution in [3.05, 3.63) is 24.3 Å². The summed E-state index contributed by atoms with van der Waals surface area (Å²) in [5, 5.41) is 0. The van der Waals surface area contributed by atoms with E-state index in [2.05, 4.69) is 45.1 Å². The molecule has 6 nitrogen and oxygen atoms in total. The lowest BCUT2D eigenvalue weighted by atomic mass is 10.0. The first-order valence-corrected chi connectivity index (χ1v) is 27.3. The zero-order valence-corrected chi connectivity index (χ0v) is 41.7. The van der Waals surface area contributed by atoms with Crippen LogP contribution in [0.5, 0.6) is 0 Å². The minimum absolute atomic E-state index is 0.0678. The van der Waals surface area contributed by atoms with Crippen molar-refractivity contribution in [2.45, 2.75) is 303 Å². The predicted molar refractivity (Wildman–Crippen MR) is 266 cm³/mol. The Balaban J connectivity index is 4.23. The van der Waals surface area contributed by atoms with Gasteiger partial charge in [-0.3, -0.25) is 14.4 Å². The molecule has 0 aromatic heterocycles. The summed E-state index contributed by atoms with van der Waals surface area (Å²) in [5.74, 6) is -0.859. The van der Waals surface area contributed by atoms with Gasteiger partial charge in [0, 0.05) is 19.3 Å². The molecule has 0 fully saturated rings. The molecule has 0 saturated heterocycles. The van der Waals surface area contributed by atoms with Crippen LogP contribution in [0.2, 0.25) is 0 Å². The number of carbonyl (C=O) groups is 3. The molecule has 0 bridgehead atoms. The highest BCUT2D eigenvalue weighted by atomic mass is 16.6. The molecule has 0 aromatic carbocycles. The number of hydrogen-bond donors (Lipinski definition) is 0. The van der Waals surface area contributed by atoms with Crippen molar-refractivity contribution in [3.63, 3.8) is 0 Å². The van der Waals surface area contributed by atoms with Crippen molar-refractivity contribution in [2.75, 3.05) is 13.2 Å². The lowest BCUT2D eigenvalue weighted by Gasteiger charge is -2.18. The summed E-state index contributed by atoms with van der Waals surface area (Å²) in [6.45, 7) is 6.64. The Labute approximate surface area is 385 Å². The first-order valence-electron chi connectivity index (χ1n) is 27.3. The predicted octanol–water partition coefficient (Wildman–Crippen LogP) is 17.9. The second-order valence-electron chi connectivity index (χ2n) is 18.5. The van der Waals surface area contributed by atoms with Crippen LogP contribution in [-0.2, 0) is 28.6 Å². The SMILES string of the molecule is CCCCCCC/C=C\C/C=C\CCCCCCCCCCCC(=O)OCC(COC(=O)CCCCCCCCCCC)OC(=O)CCCCCCCCCCCCCCCC. The van der Waals surface area contributed by atoms with E-state index in [1.807, 2.05) is 0 Å². The Morgan fingerprint density at radius 3 is 0.887 bits per heavy atom. The van der Waals surface area contributed by atoms with Gasteiger partial charge < -0.3 is 14.2 Å². The zero-order chi connectivity index (χ0) is 45.1. The molecular weight excluding hydrogens is 769 g/mol. The zero-order valence-electron chi connectivity index (χ0n) is 41.7. The molecule has 0 radical (unpaired) electrons. The Bertz CT molecular complexity index is 1000. The van der Waals surface area contributed by atoms with Crippen LogP contribution in [-0.4, -0.2) is 37.2 Å². The molecule has 0 spiro atoms. The van der Waals surface area contributed by atoms with Crippen molar-refractivity contribution < 1.29 is 28.6 Å². The Morgan fingerprint density at radius 1 is 0.323 bits per heavy atom. The average Bonchev–Trinajstić information content (AvgIpc) is 3.27.